The molecule has 0 radical (unpaired) electrons. The van der Waals surface area contributed by atoms with Crippen LogP contribution in [0.4, 0.5) is 5.69 Å². The minimum Gasteiger partial charge on any atom is -0.465 e. The molecule has 1 saturated heterocycles. The third kappa shape index (κ3) is 4.70. The lowest BCUT2D eigenvalue weighted by atomic mass is 9.98. The van der Waals surface area contributed by atoms with E-state index in [1.807, 2.05) is 6.92 Å². The number of benzene rings is 1. The minimum atomic E-state index is -0.483. The molecule has 1 fully saturated rings. The molecule has 25 heavy (non-hydrogen) atoms. The van der Waals surface area contributed by atoms with Crippen molar-refractivity contribution >= 4 is 17.6 Å². The molecule has 0 N–H and O–H groups in total. The summed E-state index contributed by atoms with van der Waals surface area (Å²) in [5.74, 6) is -0.947. The average Bonchev–Trinajstić information content (AvgIpc) is 2.67. The van der Waals surface area contributed by atoms with Crippen molar-refractivity contribution in [3.05, 3.63) is 28.8 Å². The normalized spacial score (nSPS) is 14.3. The molecule has 0 amide bonds. The lowest BCUT2D eigenvalue weighted by Gasteiger charge is -2.31. The number of esters is 2. The van der Waals surface area contributed by atoms with E-state index in [-0.39, 0.29) is 6.61 Å². The smallest absolute Gasteiger partial charge is 0.338 e. The monoisotopic (exact) mass is 351 g/mol. The Morgan fingerprint density at radius 3 is 2.44 bits per heavy atom. The van der Waals surface area contributed by atoms with Gasteiger partial charge >= 0.3 is 11.9 Å². The van der Waals surface area contributed by atoms with Crippen molar-refractivity contribution in [2.24, 2.45) is 0 Å². The Morgan fingerprint density at radius 2 is 1.84 bits per heavy atom. The zero-order valence-electron chi connectivity index (χ0n) is 15.0. The molecule has 1 aromatic rings. The van der Waals surface area contributed by atoms with Gasteiger partial charge in [-0.2, -0.15) is 0 Å². The largest absolute Gasteiger partial charge is 0.465 e. The van der Waals surface area contributed by atoms with Crippen LogP contribution in [-0.2, 0) is 25.4 Å². The number of hydrogen-bond acceptors (Lipinski definition) is 7. The molecule has 0 spiro atoms. The number of ether oxygens (including phenoxy) is 4. The Labute approximate surface area is 147 Å². The Bertz CT molecular complexity index is 610. The second-order valence-corrected chi connectivity index (χ2v) is 5.59. The van der Waals surface area contributed by atoms with E-state index in [0.717, 1.165) is 11.3 Å². The summed E-state index contributed by atoms with van der Waals surface area (Å²) in [6.07, 6.45) is 0.642. The maximum absolute atomic E-state index is 12.5. The second-order valence-electron chi connectivity index (χ2n) is 5.59. The Morgan fingerprint density at radius 1 is 1.12 bits per heavy atom. The van der Waals surface area contributed by atoms with Gasteiger partial charge in [0.05, 0.1) is 38.1 Å². The molecular weight excluding hydrogens is 326 g/mol. The summed E-state index contributed by atoms with van der Waals surface area (Å²) < 4.78 is 20.4. The first-order valence-electron chi connectivity index (χ1n) is 8.36. The number of carbonyl (C=O) groups is 2. The van der Waals surface area contributed by atoms with Crippen LogP contribution in [0.2, 0.25) is 0 Å². The minimum absolute atomic E-state index is 0.161. The summed E-state index contributed by atoms with van der Waals surface area (Å²) >= 11 is 0. The Hall–Kier alpha value is -2.12. The second kappa shape index (κ2) is 9.39. The van der Waals surface area contributed by atoms with E-state index in [9.17, 15) is 9.59 Å². The van der Waals surface area contributed by atoms with Crippen LogP contribution in [0.25, 0.3) is 0 Å². The molecule has 2 rings (SSSR count). The first-order valence-corrected chi connectivity index (χ1v) is 8.36. The van der Waals surface area contributed by atoms with E-state index < -0.39 is 11.9 Å². The number of nitrogens with zero attached hydrogens (tertiary/aromatic N) is 1. The zero-order chi connectivity index (χ0) is 18.2. The summed E-state index contributed by atoms with van der Waals surface area (Å²) in [6.45, 7) is 5.08. The lowest BCUT2D eigenvalue weighted by Crippen LogP contribution is -2.37. The summed E-state index contributed by atoms with van der Waals surface area (Å²) in [7, 11) is 2.86. The topological polar surface area (TPSA) is 74.3 Å². The van der Waals surface area contributed by atoms with Gasteiger partial charge in [-0.3, -0.25) is 0 Å². The van der Waals surface area contributed by atoms with E-state index in [1.54, 1.807) is 19.2 Å². The molecule has 1 aliphatic rings. The van der Waals surface area contributed by atoms with Crippen molar-refractivity contribution in [1.82, 2.24) is 0 Å². The molecule has 0 aromatic heterocycles. The van der Waals surface area contributed by atoms with Crippen molar-refractivity contribution in [2.45, 2.75) is 13.3 Å². The van der Waals surface area contributed by atoms with Crippen molar-refractivity contribution in [2.75, 3.05) is 58.6 Å². The number of anilines is 1. The Kier molecular flexibility index (Phi) is 7.21. The Balaban J connectivity index is 2.43. The molecule has 0 bridgehead atoms. The van der Waals surface area contributed by atoms with Crippen molar-refractivity contribution in [3.63, 3.8) is 0 Å². The highest BCUT2D eigenvalue weighted by Crippen LogP contribution is 2.29. The quantitative estimate of drug-likeness (QED) is 0.546. The van der Waals surface area contributed by atoms with Crippen LogP contribution in [0.15, 0.2) is 12.1 Å². The number of morpholine rings is 1. The molecule has 0 saturated carbocycles. The molecule has 7 heteroatoms. The van der Waals surface area contributed by atoms with Gasteiger partial charge < -0.3 is 23.8 Å². The van der Waals surface area contributed by atoms with E-state index >= 15 is 0 Å². The van der Waals surface area contributed by atoms with Gasteiger partial charge in [0, 0.05) is 25.9 Å². The fourth-order valence-corrected chi connectivity index (χ4v) is 2.83. The van der Waals surface area contributed by atoms with Crippen LogP contribution in [-0.4, -0.2) is 65.7 Å². The first-order chi connectivity index (χ1) is 12.1. The lowest BCUT2D eigenvalue weighted by molar-refractivity contribution is 0.0387. The summed E-state index contributed by atoms with van der Waals surface area (Å²) in [5.41, 5.74) is 2.44. The van der Waals surface area contributed by atoms with Crippen molar-refractivity contribution in [1.29, 1.82) is 0 Å². The van der Waals surface area contributed by atoms with Crippen LogP contribution in [0.5, 0.6) is 0 Å². The summed E-state index contributed by atoms with van der Waals surface area (Å²) in [5, 5.41) is 0. The van der Waals surface area contributed by atoms with Crippen LogP contribution in [0.1, 0.15) is 33.2 Å². The van der Waals surface area contributed by atoms with Gasteiger partial charge in [0.1, 0.15) is 6.61 Å². The molecular formula is C18H25NO6. The van der Waals surface area contributed by atoms with Crippen LogP contribution in [0, 0.1) is 0 Å². The molecule has 0 aliphatic carbocycles. The summed E-state index contributed by atoms with van der Waals surface area (Å²) in [4.78, 5) is 26.7. The third-order valence-corrected chi connectivity index (χ3v) is 4.09. The molecule has 7 nitrogen and oxygen atoms in total. The van der Waals surface area contributed by atoms with Gasteiger partial charge in [-0.05, 0) is 24.1 Å². The third-order valence-electron chi connectivity index (χ3n) is 4.09. The van der Waals surface area contributed by atoms with Gasteiger partial charge in [-0.1, -0.05) is 6.92 Å². The number of methoxy groups -OCH3 is 2. The predicted octanol–water partition coefficient (Wildman–Crippen LogP) is 1.68. The molecule has 0 atom stereocenters. The first kappa shape index (κ1) is 19.2. The number of carbonyl (C=O) groups excluding carboxylic acids is 2. The predicted molar refractivity (Wildman–Crippen MR) is 92.4 cm³/mol. The van der Waals surface area contributed by atoms with Crippen LogP contribution < -0.4 is 4.90 Å². The summed E-state index contributed by atoms with van der Waals surface area (Å²) in [6, 6.07) is 3.33. The molecule has 1 aliphatic heterocycles. The van der Waals surface area contributed by atoms with Gasteiger partial charge in [-0.25, -0.2) is 9.59 Å². The van der Waals surface area contributed by atoms with E-state index in [4.69, 9.17) is 18.9 Å². The van der Waals surface area contributed by atoms with Gasteiger partial charge in [-0.15, -0.1) is 0 Å². The van der Waals surface area contributed by atoms with E-state index in [2.05, 4.69) is 4.90 Å². The van der Waals surface area contributed by atoms with Crippen LogP contribution >= 0.6 is 0 Å². The maximum Gasteiger partial charge on any atom is 0.338 e. The van der Waals surface area contributed by atoms with Crippen molar-refractivity contribution < 1.29 is 28.5 Å². The molecule has 1 aromatic carbocycles. The highest BCUT2D eigenvalue weighted by Gasteiger charge is 2.23. The SMILES string of the molecule is CCc1c(C(=O)OCCOC)cc(C(=O)OC)cc1N1CCOCC1. The highest BCUT2D eigenvalue weighted by atomic mass is 16.6. The number of hydrogen-bond donors (Lipinski definition) is 0. The average molecular weight is 351 g/mol. The molecule has 1 heterocycles. The number of rotatable bonds is 7. The van der Waals surface area contributed by atoms with Crippen molar-refractivity contribution in [3.8, 4) is 0 Å². The van der Waals surface area contributed by atoms with Crippen LogP contribution in [0.3, 0.4) is 0 Å². The van der Waals surface area contributed by atoms with Gasteiger partial charge in [0.25, 0.3) is 0 Å². The standard InChI is InChI=1S/C18H25NO6/c1-4-14-15(18(21)25-10-9-22-2)11-13(17(20)23-3)12-16(14)19-5-7-24-8-6-19/h11-12H,4-10H2,1-3H3. The van der Waals surface area contributed by atoms with E-state index in [1.165, 1.54) is 7.11 Å². The fourth-order valence-electron chi connectivity index (χ4n) is 2.83. The fraction of sp³-hybridized carbons (Fsp3) is 0.556. The zero-order valence-corrected chi connectivity index (χ0v) is 15.0. The van der Waals surface area contributed by atoms with Gasteiger partial charge in [0.2, 0.25) is 0 Å². The van der Waals surface area contributed by atoms with Gasteiger partial charge in [0.15, 0.2) is 0 Å². The highest BCUT2D eigenvalue weighted by molar-refractivity contribution is 5.98. The van der Waals surface area contributed by atoms with E-state index in [0.29, 0.717) is 50.5 Å². The molecule has 0 unspecified atom stereocenters. The maximum atomic E-state index is 12.5. The molecule has 138 valence electrons.